The molecule has 0 atom stereocenters. The van der Waals surface area contributed by atoms with Crippen molar-refractivity contribution in [3.05, 3.63) is 23.8 Å². The molecule has 6 heteroatoms. The first-order chi connectivity index (χ1) is 11.5. The molecule has 0 spiro atoms. The second-order valence-corrected chi connectivity index (χ2v) is 5.75. The summed E-state index contributed by atoms with van der Waals surface area (Å²) in [6.07, 6.45) is 4.51. The molecule has 0 aliphatic carbocycles. The SMILES string of the molecule is CCCCCCOc1ccc(C(=O)NCC(=O)N(C)C)cc1OC. The second kappa shape index (κ2) is 10.5. The van der Waals surface area contributed by atoms with Gasteiger partial charge in [0, 0.05) is 19.7 Å². The van der Waals surface area contributed by atoms with E-state index in [-0.39, 0.29) is 18.4 Å². The molecule has 0 aliphatic rings. The highest BCUT2D eigenvalue weighted by Crippen LogP contribution is 2.28. The second-order valence-electron chi connectivity index (χ2n) is 5.75. The summed E-state index contributed by atoms with van der Waals surface area (Å²) in [5, 5.41) is 2.59. The largest absolute Gasteiger partial charge is 0.493 e. The quantitative estimate of drug-likeness (QED) is 0.667. The Balaban J connectivity index is 2.61. The minimum absolute atomic E-state index is 0.0379. The Kier molecular flexibility index (Phi) is 8.68. The molecular formula is C18H28N2O4. The molecule has 1 aromatic rings. The maximum absolute atomic E-state index is 12.1. The summed E-state index contributed by atoms with van der Waals surface area (Å²) < 4.78 is 11.0. The highest BCUT2D eigenvalue weighted by Gasteiger charge is 2.13. The van der Waals surface area contributed by atoms with E-state index in [1.165, 1.54) is 24.9 Å². The van der Waals surface area contributed by atoms with Gasteiger partial charge in [0.15, 0.2) is 11.5 Å². The third-order valence-electron chi connectivity index (χ3n) is 3.58. The molecule has 0 radical (unpaired) electrons. The molecule has 0 heterocycles. The zero-order chi connectivity index (χ0) is 17.9. The number of likely N-dealkylation sites (N-methyl/N-ethyl adjacent to an activating group) is 1. The van der Waals surface area contributed by atoms with Crippen molar-refractivity contribution in [2.75, 3.05) is 34.4 Å². The molecule has 0 fully saturated rings. The Hall–Kier alpha value is -2.24. The van der Waals surface area contributed by atoms with Gasteiger partial charge in [-0.25, -0.2) is 0 Å². The maximum Gasteiger partial charge on any atom is 0.251 e. The van der Waals surface area contributed by atoms with Crippen LogP contribution in [0.4, 0.5) is 0 Å². The number of nitrogens with zero attached hydrogens (tertiary/aromatic N) is 1. The first-order valence-electron chi connectivity index (χ1n) is 8.28. The van der Waals surface area contributed by atoms with Gasteiger partial charge >= 0.3 is 0 Å². The molecule has 0 bridgehead atoms. The number of benzene rings is 1. The van der Waals surface area contributed by atoms with Crippen molar-refractivity contribution in [3.8, 4) is 11.5 Å². The summed E-state index contributed by atoms with van der Waals surface area (Å²) in [5.41, 5.74) is 0.428. The van der Waals surface area contributed by atoms with E-state index in [1.807, 2.05) is 0 Å². The monoisotopic (exact) mass is 336 g/mol. The Morgan fingerprint density at radius 2 is 1.88 bits per heavy atom. The molecule has 1 aromatic carbocycles. The van der Waals surface area contributed by atoms with Crippen molar-refractivity contribution in [1.82, 2.24) is 10.2 Å². The lowest BCUT2D eigenvalue weighted by atomic mass is 10.2. The van der Waals surface area contributed by atoms with E-state index in [9.17, 15) is 9.59 Å². The molecule has 0 aromatic heterocycles. The van der Waals surface area contributed by atoms with Crippen LogP contribution in [0, 0.1) is 0 Å². The fourth-order valence-electron chi connectivity index (χ4n) is 2.06. The van der Waals surface area contributed by atoms with Crippen LogP contribution in [0.15, 0.2) is 18.2 Å². The standard InChI is InChI=1S/C18H28N2O4/c1-5-6-7-8-11-24-15-10-9-14(12-16(15)23-4)18(22)19-13-17(21)20(2)3/h9-10,12H,5-8,11,13H2,1-4H3,(H,19,22). The van der Waals surface area contributed by atoms with Crippen LogP contribution in [-0.4, -0.2) is 51.1 Å². The fourth-order valence-corrected chi connectivity index (χ4v) is 2.06. The Morgan fingerprint density at radius 1 is 1.12 bits per heavy atom. The number of carbonyl (C=O) groups excluding carboxylic acids is 2. The highest BCUT2D eigenvalue weighted by atomic mass is 16.5. The van der Waals surface area contributed by atoms with Gasteiger partial charge in [-0.05, 0) is 24.6 Å². The predicted molar refractivity (Wildman–Crippen MR) is 93.7 cm³/mol. The molecule has 134 valence electrons. The van der Waals surface area contributed by atoms with Crippen molar-refractivity contribution in [2.24, 2.45) is 0 Å². The smallest absolute Gasteiger partial charge is 0.251 e. The summed E-state index contributed by atoms with van der Waals surface area (Å²) in [5.74, 6) is 0.646. The van der Waals surface area contributed by atoms with Gasteiger partial charge in [-0.1, -0.05) is 26.2 Å². The number of unbranched alkanes of at least 4 members (excludes halogenated alkanes) is 3. The lowest BCUT2D eigenvalue weighted by Gasteiger charge is -2.13. The van der Waals surface area contributed by atoms with E-state index in [4.69, 9.17) is 9.47 Å². The molecule has 2 amide bonds. The normalized spacial score (nSPS) is 10.2. The van der Waals surface area contributed by atoms with E-state index < -0.39 is 0 Å². The van der Waals surface area contributed by atoms with Gasteiger partial charge in [-0.3, -0.25) is 9.59 Å². The number of nitrogens with one attached hydrogen (secondary N) is 1. The maximum atomic E-state index is 12.1. The Morgan fingerprint density at radius 3 is 2.50 bits per heavy atom. The van der Waals surface area contributed by atoms with Crippen LogP contribution in [0.25, 0.3) is 0 Å². The first-order valence-corrected chi connectivity index (χ1v) is 8.28. The number of methoxy groups -OCH3 is 1. The van der Waals surface area contributed by atoms with Crippen LogP contribution in [-0.2, 0) is 4.79 Å². The highest BCUT2D eigenvalue weighted by molar-refractivity contribution is 5.97. The molecule has 24 heavy (non-hydrogen) atoms. The molecule has 0 saturated carbocycles. The van der Waals surface area contributed by atoms with Crippen molar-refractivity contribution in [2.45, 2.75) is 32.6 Å². The molecule has 1 N–H and O–H groups in total. The zero-order valence-electron chi connectivity index (χ0n) is 15.1. The van der Waals surface area contributed by atoms with Crippen molar-refractivity contribution in [1.29, 1.82) is 0 Å². The minimum Gasteiger partial charge on any atom is -0.493 e. The van der Waals surface area contributed by atoms with Gasteiger partial charge in [-0.2, -0.15) is 0 Å². The van der Waals surface area contributed by atoms with Crippen molar-refractivity contribution in [3.63, 3.8) is 0 Å². The van der Waals surface area contributed by atoms with E-state index in [0.717, 1.165) is 12.8 Å². The number of amides is 2. The minimum atomic E-state index is -0.321. The van der Waals surface area contributed by atoms with Crippen molar-refractivity contribution >= 4 is 11.8 Å². The number of hydrogen-bond acceptors (Lipinski definition) is 4. The average molecular weight is 336 g/mol. The van der Waals surface area contributed by atoms with Gasteiger partial charge in [0.2, 0.25) is 5.91 Å². The third-order valence-corrected chi connectivity index (χ3v) is 3.58. The third kappa shape index (κ3) is 6.48. The summed E-state index contributed by atoms with van der Waals surface area (Å²) in [4.78, 5) is 25.0. The first kappa shape index (κ1) is 19.8. The predicted octanol–water partition coefficient (Wildman–Crippen LogP) is 2.47. The van der Waals surface area contributed by atoms with Crippen LogP contribution in [0.3, 0.4) is 0 Å². The summed E-state index contributed by atoms with van der Waals surface area (Å²) >= 11 is 0. The van der Waals surface area contributed by atoms with Crippen LogP contribution in [0.5, 0.6) is 11.5 Å². The molecule has 6 nitrogen and oxygen atoms in total. The molecule has 1 rings (SSSR count). The summed E-state index contributed by atoms with van der Waals surface area (Å²) in [7, 11) is 4.82. The van der Waals surface area contributed by atoms with E-state index in [1.54, 1.807) is 32.3 Å². The van der Waals surface area contributed by atoms with E-state index >= 15 is 0 Å². The van der Waals surface area contributed by atoms with E-state index in [0.29, 0.717) is 23.7 Å². The summed E-state index contributed by atoms with van der Waals surface area (Å²) in [6, 6.07) is 5.01. The lowest BCUT2D eigenvalue weighted by Crippen LogP contribution is -2.36. The topological polar surface area (TPSA) is 67.9 Å². The number of rotatable bonds is 10. The van der Waals surface area contributed by atoms with Gasteiger partial charge in [0.25, 0.3) is 5.91 Å². The number of ether oxygens (including phenoxy) is 2. The molecule has 0 saturated heterocycles. The van der Waals surface area contributed by atoms with Gasteiger partial charge in [0.05, 0.1) is 20.3 Å². The summed E-state index contributed by atoms with van der Waals surface area (Å²) in [6.45, 7) is 2.75. The molecule has 0 aliphatic heterocycles. The molecule has 0 unspecified atom stereocenters. The Labute approximate surface area is 144 Å². The van der Waals surface area contributed by atoms with Crippen LogP contribution >= 0.6 is 0 Å². The number of carbonyl (C=O) groups is 2. The average Bonchev–Trinajstić information content (AvgIpc) is 2.59. The van der Waals surface area contributed by atoms with Crippen LogP contribution in [0.2, 0.25) is 0 Å². The van der Waals surface area contributed by atoms with Gasteiger partial charge in [-0.15, -0.1) is 0 Å². The fraction of sp³-hybridized carbons (Fsp3) is 0.556. The van der Waals surface area contributed by atoms with E-state index in [2.05, 4.69) is 12.2 Å². The van der Waals surface area contributed by atoms with Crippen LogP contribution < -0.4 is 14.8 Å². The van der Waals surface area contributed by atoms with Crippen LogP contribution in [0.1, 0.15) is 43.0 Å². The number of hydrogen-bond donors (Lipinski definition) is 1. The zero-order valence-corrected chi connectivity index (χ0v) is 15.1. The van der Waals surface area contributed by atoms with Gasteiger partial charge in [0.1, 0.15) is 0 Å². The van der Waals surface area contributed by atoms with Crippen molar-refractivity contribution < 1.29 is 19.1 Å². The lowest BCUT2D eigenvalue weighted by molar-refractivity contribution is -0.127. The molecular weight excluding hydrogens is 308 g/mol. The van der Waals surface area contributed by atoms with Gasteiger partial charge < -0.3 is 19.7 Å². The Bertz CT molecular complexity index is 544.